The van der Waals surface area contributed by atoms with E-state index in [-0.39, 0.29) is 0 Å². The molecule has 1 aliphatic rings. The molecule has 21 heavy (non-hydrogen) atoms. The monoisotopic (exact) mass is 286 g/mol. The Morgan fingerprint density at radius 1 is 1.38 bits per heavy atom. The summed E-state index contributed by atoms with van der Waals surface area (Å²) in [4.78, 5) is 4.37. The number of nitrogens with one attached hydrogen (secondary N) is 1. The van der Waals surface area contributed by atoms with Crippen molar-refractivity contribution < 1.29 is 4.74 Å². The highest BCUT2D eigenvalue weighted by Crippen LogP contribution is 2.27. The minimum atomic E-state index is 0.331. The van der Waals surface area contributed by atoms with Crippen LogP contribution in [0.25, 0.3) is 0 Å². The molecule has 112 valence electrons. The molecule has 0 spiro atoms. The molecule has 5 heteroatoms. The molecule has 2 heterocycles. The summed E-state index contributed by atoms with van der Waals surface area (Å²) in [5, 5.41) is 7.81. The van der Waals surface area contributed by atoms with E-state index in [0.717, 1.165) is 29.3 Å². The minimum Gasteiger partial charge on any atom is -0.454 e. The van der Waals surface area contributed by atoms with E-state index in [1.807, 2.05) is 30.1 Å². The highest BCUT2D eigenvalue weighted by Gasteiger charge is 2.21. The lowest BCUT2D eigenvalue weighted by Crippen LogP contribution is -2.16. The standard InChI is InChI=1S/C16H22N4O/c1-11(2)20-10-15(9-19-20)21-16-6-12(3)17-7-13(16)8-18-14-4-5-14/h6-7,9-11,14,18H,4-5,8H2,1-3H3. The second-order valence-corrected chi connectivity index (χ2v) is 5.94. The largest absolute Gasteiger partial charge is 0.454 e. The Kier molecular flexibility index (Phi) is 3.92. The maximum atomic E-state index is 6.01. The summed E-state index contributed by atoms with van der Waals surface area (Å²) in [6.07, 6.45) is 8.13. The van der Waals surface area contributed by atoms with Gasteiger partial charge in [0.2, 0.25) is 0 Å². The van der Waals surface area contributed by atoms with Crippen molar-refractivity contribution in [2.24, 2.45) is 0 Å². The average Bonchev–Trinajstić information content (AvgIpc) is 3.15. The Morgan fingerprint density at radius 2 is 2.19 bits per heavy atom. The van der Waals surface area contributed by atoms with Crippen molar-refractivity contribution >= 4 is 0 Å². The van der Waals surface area contributed by atoms with Crippen LogP contribution in [0, 0.1) is 6.92 Å². The number of pyridine rings is 1. The van der Waals surface area contributed by atoms with Gasteiger partial charge in [-0.2, -0.15) is 5.10 Å². The fourth-order valence-electron chi connectivity index (χ4n) is 2.12. The molecule has 0 radical (unpaired) electrons. The van der Waals surface area contributed by atoms with E-state index in [1.165, 1.54) is 12.8 Å². The van der Waals surface area contributed by atoms with Crippen LogP contribution >= 0.6 is 0 Å². The maximum Gasteiger partial charge on any atom is 0.165 e. The predicted octanol–water partition coefficient (Wildman–Crippen LogP) is 3.21. The highest BCUT2D eigenvalue weighted by atomic mass is 16.5. The van der Waals surface area contributed by atoms with E-state index >= 15 is 0 Å². The summed E-state index contributed by atoms with van der Waals surface area (Å²) in [5.74, 6) is 1.63. The number of aryl methyl sites for hydroxylation is 1. The number of nitrogens with zero attached hydrogens (tertiary/aromatic N) is 3. The Labute approximate surface area is 125 Å². The zero-order valence-electron chi connectivity index (χ0n) is 12.8. The van der Waals surface area contributed by atoms with Crippen molar-refractivity contribution in [2.75, 3.05) is 0 Å². The number of aromatic nitrogens is 3. The summed E-state index contributed by atoms with van der Waals surface area (Å²) in [6.45, 7) is 6.96. The molecule has 0 unspecified atom stereocenters. The van der Waals surface area contributed by atoms with Crippen molar-refractivity contribution in [1.82, 2.24) is 20.1 Å². The average molecular weight is 286 g/mol. The van der Waals surface area contributed by atoms with E-state index in [9.17, 15) is 0 Å². The highest BCUT2D eigenvalue weighted by molar-refractivity contribution is 5.36. The molecule has 1 saturated carbocycles. The van der Waals surface area contributed by atoms with Gasteiger partial charge >= 0.3 is 0 Å². The van der Waals surface area contributed by atoms with Gasteiger partial charge in [-0.1, -0.05) is 0 Å². The Bertz CT molecular complexity index is 616. The molecule has 1 aliphatic carbocycles. The van der Waals surface area contributed by atoms with Gasteiger partial charge in [0, 0.05) is 42.1 Å². The molecule has 3 rings (SSSR count). The molecule has 0 aromatic carbocycles. The van der Waals surface area contributed by atoms with Crippen LogP contribution in [-0.4, -0.2) is 20.8 Å². The molecule has 0 bridgehead atoms. The Hall–Kier alpha value is -1.88. The van der Waals surface area contributed by atoms with Gasteiger partial charge in [-0.05, 0) is 33.6 Å². The van der Waals surface area contributed by atoms with Gasteiger partial charge < -0.3 is 10.1 Å². The van der Waals surface area contributed by atoms with Crippen molar-refractivity contribution in [3.63, 3.8) is 0 Å². The summed E-state index contributed by atoms with van der Waals surface area (Å²) in [6, 6.07) is 2.98. The second kappa shape index (κ2) is 5.85. The normalized spacial score (nSPS) is 14.7. The van der Waals surface area contributed by atoms with Crippen LogP contribution in [0.4, 0.5) is 0 Å². The van der Waals surface area contributed by atoms with E-state index in [1.54, 1.807) is 6.20 Å². The first-order valence-corrected chi connectivity index (χ1v) is 7.53. The fourth-order valence-corrected chi connectivity index (χ4v) is 2.12. The van der Waals surface area contributed by atoms with Crippen LogP contribution in [0.15, 0.2) is 24.7 Å². The van der Waals surface area contributed by atoms with Crippen molar-refractivity contribution in [3.8, 4) is 11.5 Å². The lowest BCUT2D eigenvalue weighted by molar-refractivity contribution is 0.466. The molecule has 0 aliphatic heterocycles. The lowest BCUT2D eigenvalue weighted by Gasteiger charge is -2.11. The molecule has 1 fully saturated rings. The first-order chi connectivity index (χ1) is 10.1. The van der Waals surface area contributed by atoms with Crippen LogP contribution in [0.3, 0.4) is 0 Å². The molecular weight excluding hydrogens is 264 g/mol. The molecule has 0 amide bonds. The smallest absolute Gasteiger partial charge is 0.165 e. The van der Waals surface area contributed by atoms with Crippen LogP contribution < -0.4 is 10.1 Å². The van der Waals surface area contributed by atoms with Gasteiger partial charge in [-0.25, -0.2) is 0 Å². The van der Waals surface area contributed by atoms with Crippen molar-refractivity contribution in [3.05, 3.63) is 35.9 Å². The Balaban J connectivity index is 1.76. The van der Waals surface area contributed by atoms with Crippen LogP contribution in [-0.2, 0) is 6.54 Å². The van der Waals surface area contributed by atoms with E-state index < -0.39 is 0 Å². The SMILES string of the molecule is Cc1cc(Oc2cnn(C(C)C)c2)c(CNC2CC2)cn1. The molecule has 1 N–H and O–H groups in total. The zero-order chi connectivity index (χ0) is 14.8. The fraction of sp³-hybridized carbons (Fsp3) is 0.500. The predicted molar refractivity (Wildman–Crippen MR) is 81.5 cm³/mol. The van der Waals surface area contributed by atoms with E-state index in [2.05, 4.69) is 29.2 Å². The van der Waals surface area contributed by atoms with Gasteiger partial charge in [0.15, 0.2) is 5.75 Å². The molecule has 0 saturated heterocycles. The maximum absolute atomic E-state index is 6.01. The first-order valence-electron chi connectivity index (χ1n) is 7.53. The zero-order valence-corrected chi connectivity index (χ0v) is 12.8. The van der Waals surface area contributed by atoms with Crippen LogP contribution in [0.5, 0.6) is 11.5 Å². The summed E-state index contributed by atoms with van der Waals surface area (Å²) >= 11 is 0. The Morgan fingerprint density at radius 3 is 2.86 bits per heavy atom. The number of hydrogen-bond acceptors (Lipinski definition) is 4. The topological polar surface area (TPSA) is 52.0 Å². The molecule has 0 atom stereocenters. The molecule has 5 nitrogen and oxygen atoms in total. The first kappa shape index (κ1) is 14.1. The summed E-state index contributed by atoms with van der Waals surface area (Å²) in [7, 11) is 0. The number of hydrogen-bond donors (Lipinski definition) is 1. The summed E-state index contributed by atoms with van der Waals surface area (Å²) in [5.41, 5.74) is 2.04. The number of ether oxygens (including phenoxy) is 1. The van der Waals surface area contributed by atoms with Gasteiger partial charge in [0.05, 0.1) is 12.4 Å². The van der Waals surface area contributed by atoms with E-state index in [0.29, 0.717) is 12.1 Å². The van der Waals surface area contributed by atoms with Gasteiger partial charge in [0.1, 0.15) is 5.75 Å². The number of rotatable bonds is 6. The lowest BCUT2D eigenvalue weighted by atomic mass is 10.2. The van der Waals surface area contributed by atoms with Gasteiger partial charge in [0.25, 0.3) is 0 Å². The third-order valence-electron chi connectivity index (χ3n) is 3.57. The third-order valence-corrected chi connectivity index (χ3v) is 3.57. The van der Waals surface area contributed by atoms with Crippen molar-refractivity contribution in [1.29, 1.82) is 0 Å². The van der Waals surface area contributed by atoms with Crippen molar-refractivity contribution in [2.45, 2.75) is 52.2 Å². The van der Waals surface area contributed by atoms with Gasteiger partial charge in [-0.3, -0.25) is 9.67 Å². The second-order valence-electron chi connectivity index (χ2n) is 5.94. The van der Waals surface area contributed by atoms with Crippen LogP contribution in [0.2, 0.25) is 0 Å². The third kappa shape index (κ3) is 3.61. The molecule has 2 aromatic rings. The molecular formula is C16H22N4O. The van der Waals surface area contributed by atoms with Crippen LogP contribution in [0.1, 0.15) is 44.0 Å². The van der Waals surface area contributed by atoms with Gasteiger partial charge in [-0.15, -0.1) is 0 Å². The van der Waals surface area contributed by atoms with E-state index in [4.69, 9.17) is 4.74 Å². The minimum absolute atomic E-state index is 0.331. The summed E-state index contributed by atoms with van der Waals surface area (Å²) < 4.78 is 7.90. The molecule has 2 aromatic heterocycles. The quantitative estimate of drug-likeness (QED) is 0.886.